The molecule has 0 amide bonds. The maximum absolute atomic E-state index is 11.0. The Labute approximate surface area is 190 Å². The number of hydrogen-bond donors (Lipinski definition) is 6. The van der Waals surface area contributed by atoms with Crippen LogP contribution in [0.25, 0.3) is 10.9 Å². The average Bonchev–Trinajstić information content (AvgIpc) is 3.22. The van der Waals surface area contributed by atoms with Gasteiger partial charge in [0.05, 0.1) is 13.7 Å². The lowest BCUT2D eigenvalue weighted by molar-refractivity contribution is -0.385. The van der Waals surface area contributed by atoms with Crippen LogP contribution in [0.15, 0.2) is 42.6 Å². The fourth-order valence-electron chi connectivity index (χ4n) is 4.16. The van der Waals surface area contributed by atoms with E-state index < -0.39 is 37.0 Å². The van der Waals surface area contributed by atoms with E-state index in [0.717, 1.165) is 34.4 Å². The van der Waals surface area contributed by atoms with E-state index in [2.05, 4.69) is 4.98 Å². The number of nitrogens with one attached hydrogen (secondary N) is 1. The molecule has 0 radical (unpaired) electrons. The lowest BCUT2D eigenvalue weighted by atomic mass is 9.95. The highest BCUT2D eigenvalue weighted by Crippen LogP contribution is 2.37. The van der Waals surface area contributed by atoms with Crippen LogP contribution in [0.3, 0.4) is 0 Å². The summed E-state index contributed by atoms with van der Waals surface area (Å²) >= 11 is 0. The third kappa shape index (κ3) is 4.43. The Morgan fingerprint density at radius 1 is 1.09 bits per heavy atom. The number of hydrogen-bond acceptors (Lipinski definition) is 8. The van der Waals surface area contributed by atoms with Gasteiger partial charge in [-0.05, 0) is 60.7 Å². The second-order valence-corrected chi connectivity index (χ2v) is 8.35. The van der Waals surface area contributed by atoms with Gasteiger partial charge in [-0.15, -0.1) is 0 Å². The molecule has 9 heteroatoms. The molecule has 0 spiro atoms. The van der Waals surface area contributed by atoms with Crippen LogP contribution in [0.4, 0.5) is 0 Å². The third-order valence-electron chi connectivity index (χ3n) is 6.05. The van der Waals surface area contributed by atoms with Crippen molar-refractivity contribution in [3.63, 3.8) is 0 Å². The minimum atomic E-state index is -2.64. The van der Waals surface area contributed by atoms with Crippen molar-refractivity contribution in [3.05, 3.63) is 59.3 Å². The topological polar surface area (TPSA) is 145 Å². The molecule has 5 atom stereocenters. The van der Waals surface area contributed by atoms with Gasteiger partial charge >= 0.3 is 0 Å². The smallest absolute Gasteiger partial charge is 0.288 e. The van der Waals surface area contributed by atoms with Crippen LogP contribution >= 0.6 is 0 Å². The lowest BCUT2D eigenvalue weighted by Crippen LogP contribution is -2.69. The quantitative estimate of drug-likeness (QED) is 0.284. The Morgan fingerprint density at radius 2 is 1.82 bits per heavy atom. The summed E-state index contributed by atoms with van der Waals surface area (Å²) in [4.78, 5) is 3.20. The number of aliphatic hydroxyl groups excluding tert-OH is 4. The molecule has 9 nitrogen and oxygen atoms in total. The van der Waals surface area contributed by atoms with Crippen LogP contribution in [-0.2, 0) is 17.6 Å². The second kappa shape index (κ2) is 9.30. The fraction of sp³-hybridized carbons (Fsp3) is 0.417. The maximum atomic E-state index is 11.0. The number of aromatic amines is 1. The van der Waals surface area contributed by atoms with Gasteiger partial charge in [0.1, 0.15) is 23.7 Å². The van der Waals surface area contributed by atoms with E-state index in [-0.39, 0.29) is 5.75 Å². The van der Waals surface area contributed by atoms with Crippen molar-refractivity contribution < 1.29 is 39.7 Å². The predicted octanol–water partition coefficient (Wildman–Crippen LogP) is 0.769. The molecule has 3 aromatic rings. The van der Waals surface area contributed by atoms with Crippen molar-refractivity contribution in [2.75, 3.05) is 13.7 Å². The van der Waals surface area contributed by atoms with Crippen LogP contribution in [0.1, 0.15) is 16.7 Å². The van der Waals surface area contributed by atoms with E-state index in [0.29, 0.717) is 11.8 Å². The Hall–Kier alpha value is -2.66. The highest BCUT2D eigenvalue weighted by Gasteiger charge is 2.57. The monoisotopic (exact) mass is 459 g/mol. The van der Waals surface area contributed by atoms with Crippen LogP contribution < -0.4 is 9.47 Å². The van der Waals surface area contributed by atoms with Gasteiger partial charge in [-0.2, -0.15) is 0 Å². The normalized spacial score (nSPS) is 27.6. The van der Waals surface area contributed by atoms with Crippen LogP contribution in [-0.4, -0.2) is 74.6 Å². The molecule has 2 aromatic carbocycles. The van der Waals surface area contributed by atoms with Crippen LogP contribution in [0.5, 0.6) is 11.5 Å². The highest BCUT2D eigenvalue weighted by molar-refractivity contribution is 5.90. The van der Waals surface area contributed by atoms with E-state index in [4.69, 9.17) is 14.2 Å². The molecule has 0 unspecified atom stereocenters. The van der Waals surface area contributed by atoms with Gasteiger partial charge < -0.3 is 44.7 Å². The van der Waals surface area contributed by atoms with Gasteiger partial charge in [-0.25, -0.2) is 0 Å². The summed E-state index contributed by atoms with van der Waals surface area (Å²) in [5.74, 6) is -1.64. The number of ether oxygens (including phenoxy) is 3. The molecule has 1 aliphatic rings. The van der Waals surface area contributed by atoms with E-state index >= 15 is 0 Å². The van der Waals surface area contributed by atoms with Crippen molar-refractivity contribution in [1.29, 1.82) is 0 Å². The zero-order valence-corrected chi connectivity index (χ0v) is 18.4. The first-order valence-electron chi connectivity index (χ1n) is 10.7. The van der Waals surface area contributed by atoms with Crippen molar-refractivity contribution in [2.45, 2.75) is 50.2 Å². The first-order valence-corrected chi connectivity index (χ1v) is 10.7. The van der Waals surface area contributed by atoms with Gasteiger partial charge in [0.25, 0.3) is 5.79 Å². The van der Waals surface area contributed by atoms with Gasteiger partial charge in [-0.3, -0.25) is 0 Å². The number of rotatable bonds is 7. The Kier molecular flexibility index (Phi) is 6.62. The average molecular weight is 459 g/mol. The van der Waals surface area contributed by atoms with E-state index in [1.54, 1.807) is 13.2 Å². The molecule has 6 N–H and O–H groups in total. The highest BCUT2D eigenvalue weighted by atomic mass is 16.7. The molecule has 33 heavy (non-hydrogen) atoms. The molecule has 0 saturated carbocycles. The summed E-state index contributed by atoms with van der Waals surface area (Å²) in [5.41, 5.74) is 3.60. The number of aryl methyl sites for hydroxylation is 3. The lowest BCUT2D eigenvalue weighted by Gasteiger charge is -2.45. The molecule has 1 aromatic heterocycles. The molecule has 178 valence electrons. The molecule has 4 rings (SSSR count). The molecule has 0 bridgehead atoms. The summed E-state index contributed by atoms with van der Waals surface area (Å²) in [6, 6.07) is 11.4. The zero-order chi connectivity index (χ0) is 23.8. The van der Waals surface area contributed by atoms with Crippen molar-refractivity contribution >= 4 is 10.9 Å². The number of H-pyrrole nitrogens is 1. The second-order valence-electron chi connectivity index (χ2n) is 8.35. The maximum Gasteiger partial charge on any atom is 0.288 e. The summed E-state index contributed by atoms with van der Waals surface area (Å²) in [6.45, 7) is 1.20. The SMILES string of the molecule is COc1ccc(CCc2c[nH]c3cc(C)cc(O[C@]4(O)[C@H](O)O[C@H](CO)[C@@H](O)[C@@H]4O)c23)cc1. The molecule has 1 aliphatic heterocycles. The van der Waals surface area contributed by atoms with Crippen LogP contribution in [0.2, 0.25) is 0 Å². The number of aliphatic hydroxyl groups is 5. The van der Waals surface area contributed by atoms with Gasteiger partial charge in [0.15, 0.2) is 6.10 Å². The summed E-state index contributed by atoms with van der Waals surface area (Å²) in [6.07, 6.45) is -3.60. The zero-order valence-electron chi connectivity index (χ0n) is 18.4. The van der Waals surface area contributed by atoms with Gasteiger partial charge in [-0.1, -0.05) is 12.1 Å². The summed E-state index contributed by atoms with van der Waals surface area (Å²) < 4.78 is 16.0. The number of aromatic nitrogens is 1. The van der Waals surface area contributed by atoms with Crippen molar-refractivity contribution in [2.24, 2.45) is 0 Å². The largest absolute Gasteiger partial charge is 0.497 e. The molecule has 2 heterocycles. The number of benzene rings is 2. The summed E-state index contributed by atoms with van der Waals surface area (Å²) in [5, 5.41) is 52.0. The van der Waals surface area contributed by atoms with Crippen LogP contribution in [0, 0.1) is 6.92 Å². The Bertz CT molecular complexity index is 1100. The Balaban J connectivity index is 1.64. The van der Waals surface area contributed by atoms with Gasteiger partial charge in [0, 0.05) is 17.1 Å². The molecule has 1 saturated heterocycles. The first-order chi connectivity index (χ1) is 15.8. The first kappa shape index (κ1) is 23.5. The number of methoxy groups -OCH3 is 1. The standard InChI is InChI=1S/C24H29NO8/c1-13-9-17-20(15(11-25-17)6-3-14-4-7-16(31-2)8-5-14)18(10-13)33-24(30)22(28)21(27)19(12-26)32-23(24)29/h4-5,7-11,19,21-23,25-30H,3,6,12H2,1-2H3/t19-,21-,22+,23-,24+/m1/s1. The number of fused-ring (bicyclic) bond motifs is 1. The molecule has 0 aliphatic carbocycles. The molecular weight excluding hydrogens is 430 g/mol. The van der Waals surface area contributed by atoms with E-state index in [1.165, 1.54) is 0 Å². The van der Waals surface area contributed by atoms with Crippen molar-refractivity contribution in [3.8, 4) is 11.5 Å². The van der Waals surface area contributed by atoms with Gasteiger partial charge in [0.2, 0.25) is 6.29 Å². The Morgan fingerprint density at radius 3 is 2.48 bits per heavy atom. The third-order valence-corrected chi connectivity index (χ3v) is 6.05. The molecular formula is C24H29NO8. The summed E-state index contributed by atoms with van der Waals surface area (Å²) in [7, 11) is 1.62. The molecule has 1 fully saturated rings. The predicted molar refractivity (Wildman–Crippen MR) is 119 cm³/mol. The van der Waals surface area contributed by atoms with E-state index in [9.17, 15) is 25.5 Å². The van der Waals surface area contributed by atoms with Crippen molar-refractivity contribution in [1.82, 2.24) is 4.98 Å². The minimum absolute atomic E-state index is 0.217. The van der Waals surface area contributed by atoms with E-state index in [1.807, 2.05) is 43.5 Å². The fourth-order valence-corrected chi connectivity index (χ4v) is 4.16. The minimum Gasteiger partial charge on any atom is -0.497 e.